The van der Waals surface area contributed by atoms with E-state index < -0.39 is 0 Å². The van der Waals surface area contributed by atoms with Gasteiger partial charge in [-0.25, -0.2) is 0 Å². The first-order valence-corrected chi connectivity index (χ1v) is 5.15. The number of hydrogen-bond acceptors (Lipinski definition) is 1. The molecule has 78 valence electrons. The van der Waals surface area contributed by atoms with Gasteiger partial charge < -0.3 is 5.32 Å². The van der Waals surface area contributed by atoms with Crippen molar-refractivity contribution in [2.24, 2.45) is 0 Å². The fraction of sp³-hybridized carbons (Fsp3) is 0.231. The first-order chi connectivity index (χ1) is 6.95. The lowest BCUT2D eigenvalue weighted by molar-refractivity contribution is 0.648. The summed E-state index contributed by atoms with van der Waals surface area (Å²) >= 11 is 0. The highest BCUT2D eigenvalue weighted by atomic mass is 35.5. The van der Waals surface area contributed by atoms with E-state index in [0.29, 0.717) is 0 Å². The predicted octanol–water partition coefficient (Wildman–Crippen LogP) is 2.91. The third kappa shape index (κ3) is 1.73. The lowest BCUT2D eigenvalue weighted by atomic mass is 9.95. The van der Waals surface area contributed by atoms with Crippen LogP contribution in [0.5, 0.6) is 0 Å². The largest absolute Gasteiger partial charge is 0.312 e. The first kappa shape index (κ1) is 10.5. The van der Waals surface area contributed by atoms with Crippen LogP contribution in [-0.4, -0.2) is 6.54 Å². The summed E-state index contributed by atoms with van der Waals surface area (Å²) in [6, 6.07) is 13.1. The normalized spacial score (nSPS) is 14.4. The van der Waals surface area contributed by atoms with Crippen LogP contribution in [0.15, 0.2) is 36.4 Å². The monoisotopic (exact) mass is 219 g/mol. The minimum absolute atomic E-state index is 0. The number of halogens is 1. The minimum Gasteiger partial charge on any atom is -0.312 e. The van der Waals surface area contributed by atoms with E-state index in [0.717, 1.165) is 13.1 Å². The molecule has 0 aliphatic carbocycles. The van der Waals surface area contributed by atoms with Gasteiger partial charge in [-0.3, -0.25) is 0 Å². The van der Waals surface area contributed by atoms with E-state index in [4.69, 9.17) is 0 Å². The second-order valence-corrected chi connectivity index (χ2v) is 3.85. The topological polar surface area (TPSA) is 12.0 Å². The van der Waals surface area contributed by atoms with E-state index in [2.05, 4.69) is 41.7 Å². The molecule has 1 heterocycles. The second kappa shape index (κ2) is 4.21. The molecule has 1 N–H and O–H groups in total. The van der Waals surface area contributed by atoms with Crippen LogP contribution in [0.1, 0.15) is 11.1 Å². The highest BCUT2D eigenvalue weighted by Crippen LogP contribution is 2.24. The van der Waals surface area contributed by atoms with Crippen LogP contribution in [0, 0.1) is 0 Å². The third-order valence-electron chi connectivity index (χ3n) is 3.01. The summed E-state index contributed by atoms with van der Waals surface area (Å²) in [7, 11) is 0. The number of hydrogen-bond donors (Lipinski definition) is 1. The molecule has 0 amide bonds. The smallest absolute Gasteiger partial charge is 0.0214 e. The van der Waals surface area contributed by atoms with Gasteiger partial charge in [-0.15, -0.1) is 12.4 Å². The summed E-state index contributed by atoms with van der Waals surface area (Å²) in [5, 5.41) is 6.20. The van der Waals surface area contributed by atoms with Crippen molar-refractivity contribution in [3.63, 3.8) is 0 Å². The lowest BCUT2D eigenvalue weighted by Gasteiger charge is -2.18. The Balaban J connectivity index is 0.000000853. The molecule has 0 spiro atoms. The summed E-state index contributed by atoms with van der Waals surface area (Å²) in [5.41, 5.74) is 3.01. The molecule has 0 unspecified atom stereocenters. The number of benzene rings is 2. The zero-order valence-electron chi connectivity index (χ0n) is 8.49. The zero-order chi connectivity index (χ0) is 9.38. The summed E-state index contributed by atoms with van der Waals surface area (Å²) in [5.74, 6) is 0. The highest BCUT2D eigenvalue weighted by molar-refractivity contribution is 5.87. The van der Waals surface area contributed by atoms with Gasteiger partial charge in [-0.05, 0) is 34.9 Å². The van der Waals surface area contributed by atoms with Crippen molar-refractivity contribution in [2.75, 3.05) is 6.54 Å². The predicted molar refractivity (Wildman–Crippen MR) is 66.6 cm³/mol. The standard InChI is InChI=1S/C13H13N.ClH/c1-2-4-12-10(3-1)5-6-11-7-8-14-9-13(11)12;/h1-6,14H,7-9H2;1H. The molecule has 2 aromatic rings. The molecule has 0 fully saturated rings. The maximum absolute atomic E-state index is 3.43. The quantitative estimate of drug-likeness (QED) is 0.719. The Morgan fingerprint density at radius 1 is 1.00 bits per heavy atom. The maximum atomic E-state index is 3.43. The molecule has 0 atom stereocenters. The van der Waals surface area contributed by atoms with Gasteiger partial charge in [-0.1, -0.05) is 36.4 Å². The lowest BCUT2D eigenvalue weighted by Crippen LogP contribution is -2.23. The molecule has 1 aliphatic heterocycles. The average Bonchev–Trinajstić information content (AvgIpc) is 2.29. The second-order valence-electron chi connectivity index (χ2n) is 3.85. The maximum Gasteiger partial charge on any atom is 0.0214 e. The SMILES string of the molecule is Cl.c1ccc2c3c(ccc2c1)CCNC3. The molecule has 2 aromatic carbocycles. The van der Waals surface area contributed by atoms with Crippen molar-refractivity contribution < 1.29 is 0 Å². The van der Waals surface area contributed by atoms with E-state index in [-0.39, 0.29) is 12.4 Å². The number of fused-ring (bicyclic) bond motifs is 3. The van der Waals surface area contributed by atoms with Crippen LogP contribution in [0.4, 0.5) is 0 Å². The van der Waals surface area contributed by atoms with Gasteiger partial charge in [0.2, 0.25) is 0 Å². The summed E-state index contributed by atoms with van der Waals surface area (Å²) in [6.45, 7) is 2.14. The molecule has 15 heavy (non-hydrogen) atoms. The summed E-state index contributed by atoms with van der Waals surface area (Å²) in [4.78, 5) is 0. The molecule has 0 radical (unpaired) electrons. The van der Waals surface area contributed by atoms with Crippen LogP contribution >= 0.6 is 12.4 Å². The van der Waals surface area contributed by atoms with Gasteiger partial charge in [0.25, 0.3) is 0 Å². The Hall–Kier alpha value is -1.05. The van der Waals surface area contributed by atoms with Gasteiger partial charge in [0.05, 0.1) is 0 Å². The van der Waals surface area contributed by atoms with Crippen LogP contribution in [0.2, 0.25) is 0 Å². The number of nitrogens with one attached hydrogen (secondary N) is 1. The van der Waals surface area contributed by atoms with E-state index in [1.807, 2.05) is 0 Å². The average molecular weight is 220 g/mol. The molecule has 0 bridgehead atoms. The van der Waals surface area contributed by atoms with Crippen LogP contribution in [0.3, 0.4) is 0 Å². The Kier molecular flexibility index (Phi) is 2.94. The molecule has 0 saturated carbocycles. The molecule has 1 nitrogen and oxygen atoms in total. The fourth-order valence-electron chi connectivity index (χ4n) is 2.26. The Labute approximate surface area is 95.9 Å². The van der Waals surface area contributed by atoms with Crippen molar-refractivity contribution in [3.05, 3.63) is 47.5 Å². The Morgan fingerprint density at radius 2 is 1.87 bits per heavy atom. The summed E-state index contributed by atoms with van der Waals surface area (Å²) in [6.07, 6.45) is 1.17. The van der Waals surface area contributed by atoms with Gasteiger partial charge in [0.1, 0.15) is 0 Å². The zero-order valence-corrected chi connectivity index (χ0v) is 9.31. The third-order valence-corrected chi connectivity index (χ3v) is 3.01. The van der Waals surface area contributed by atoms with Crippen molar-refractivity contribution in [2.45, 2.75) is 13.0 Å². The van der Waals surface area contributed by atoms with Crippen LogP contribution in [0.25, 0.3) is 10.8 Å². The molecule has 1 aliphatic rings. The van der Waals surface area contributed by atoms with Crippen molar-refractivity contribution in [1.29, 1.82) is 0 Å². The minimum atomic E-state index is 0. The fourth-order valence-corrected chi connectivity index (χ4v) is 2.26. The molecular formula is C13H14ClN. The van der Waals surface area contributed by atoms with E-state index in [1.54, 1.807) is 0 Å². The molecule has 0 aromatic heterocycles. The van der Waals surface area contributed by atoms with E-state index in [1.165, 1.54) is 28.3 Å². The van der Waals surface area contributed by atoms with Crippen LogP contribution < -0.4 is 5.32 Å². The summed E-state index contributed by atoms with van der Waals surface area (Å²) < 4.78 is 0. The Morgan fingerprint density at radius 3 is 2.80 bits per heavy atom. The van der Waals surface area contributed by atoms with Gasteiger partial charge in [0, 0.05) is 6.54 Å². The van der Waals surface area contributed by atoms with Crippen molar-refractivity contribution >= 4 is 23.2 Å². The molecule has 2 heteroatoms. The van der Waals surface area contributed by atoms with Crippen LogP contribution in [-0.2, 0) is 13.0 Å². The molecule has 0 saturated heterocycles. The highest BCUT2D eigenvalue weighted by Gasteiger charge is 2.10. The van der Waals surface area contributed by atoms with E-state index in [9.17, 15) is 0 Å². The molecule has 3 rings (SSSR count). The van der Waals surface area contributed by atoms with Crippen molar-refractivity contribution in [3.8, 4) is 0 Å². The van der Waals surface area contributed by atoms with E-state index >= 15 is 0 Å². The van der Waals surface area contributed by atoms with Gasteiger partial charge in [-0.2, -0.15) is 0 Å². The van der Waals surface area contributed by atoms with Gasteiger partial charge in [0.15, 0.2) is 0 Å². The molecular weight excluding hydrogens is 206 g/mol. The van der Waals surface area contributed by atoms with Gasteiger partial charge >= 0.3 is 0 Å². The van der Waals surface area contributed by atoms with Crippen molar-refractivity contribution in [1.82, 2.24) is 5.32 Å². The first-order valence-electron chi connectivity index (χ1n) is 5.15. The number of rotatable bonds is 0. The Bertz CT molecular complexity index is 479.